The summed E-state index contributed by atoms with van der Waals surface area (Å²) in [7, 11) is 0. The molecule has 0 amide bonds. The Kier molecular flexibility index (Phi) is 4.62. The number of benzene rings is 2. The molecule has 166 valence electrons. The van der Waals surface area contributed by atoms with Crippen LogP contribution < -0.4 is 10.2 Å². The van der Waals surface area contributed by atoms with Crippen LogP contribution in [0.1, 0.15) is 12.0 Å². The number of hydrogen-bond donors (Lipinski definition) is 1. The number of aryl methyl sites for hydroxylation is 1. The average Bonchev–Trinajstić information content (AvgIpc) is 3.41. The second kappa shape index (κ2) is 7.53. The summed E-state index contributed by atoms with van der Waals surface area (Å²) in [6, 6.07) is 11.3. The number of fused-ring (bicyclic) bond motifs is 2. The Morgan fingerprint density at radius 2 is 1.75 bits per heavy atom. The minimum absolute atomic E-state index is 0.280. The Morgan fingerprint density at radius 1 is 0.938 bits per heavy atom. The average molecular weight is 438 g/mol. The number of likely N-dealkylation sites (tertiary alicyclic amines) is 1. The van der Waals surface area contributed by atoms with Gasteiger partial charge in [-0.2, -0.15) is 4.98 Å². The Morgan fingerprint density at radius 3 is 2.44 bits per heavy atom. The second-order valence-electron chi connectivity index (χ2n) is 8.91. The van der Waals surface area contributed by atoms with Gasteiger partial charge < -0.3 is 15.0 Å². The minimum Gasteiger partial charge on any atom is -0.378 e. The second-order valence-corrected chi connectivity index (χ2v) is 8.91. The van der Waals surface area contributed by atoms with Gasteiger partial charge in [0.25, 0.3) is 0 Å². The molecule has 2 bridgehead atoms. The number of nitrogens with one attached hydrogen (secondary N) is 1. The molecule has 6 rings (SSSR count). The highest BCUT2D eigenvalue weighted by Gasteiger charge is 2.47. The van der Waals surface area contributed by atoms with Gasteiger partial charge >= 0.3 is 0 Å². The molecule has 1 N–H and O–H groups in total. The van der Waals surface area contributed by atoms with E-state index < -0.39 is 11.6 Å². The summed E-state index contributed by atoms with van der Waals surface area (Å²) >= 11 is 0. The Bertz CT molecular complexity index is 1140. The van der Waals surface area contributed by atoms with Crippen molar-refractivity contribution in [2.45, 2.75) is 31.5 Å². The van der Waals surface area contributed by atoms with E-state index in [1.54, 1.807) is 0 Å². The first-order valence-corrected chi connectivity index (χ1v) is 10.9. The lowest BCUT2D eigenvalue weighted by atomic mass is 10.1. The van der Waals surface area contributed by atoms with Gasteiger partial charge in [-0.3, -0.25) is 4.90 Å². The van der Waals surface area contributed by atoms with Crippen LogP contribution in [0.2, 0.25) is 0 Å². The molecular weight excluding hydrogens is 414 g/mol. The summed E-state index contributed by atoms with van der Waals surface area (Å²) < 4.78 is 33.8. The third kappa shape index (κ3) is 3.51. The predicted molar refractivity (Wildman–Crippen MR) is 117 cm³/mol. The van der Waals surface area contributed by atoms with Gasteiger partial charge in [0, 0.05) is 42.6 Å². The molecule has 32 heavy (non-hydrogen) atoms. The van der Waals surface area contributed by atoms with E-state index in [-0.39, 0.29) is 5.69 Å². The van der Waals surface area contributed by atoms with E-state index in [0.29, 0.717) is 24.1 Å². The third-order valence-electron chi connectivity index (χ3n) is 6.63. The molecule has 4 heterocycles. The van der Waals surface area contributed by atoms with Crippen molar-refractivity contribution >= 4 is 17.3 Å². The molecule has 3 aromatic rings. The SMILES string of the molecule is Cc1cc(Nc2ncn(-c3cc(F)cc(F)c3)n2)cc(N2C[C@@H]3C[C@H]2CN3C2COC2)c1. The summed E-state index contributed by atoms with van der Waals surface area (Å²) in [5, 5.41) is 7.56. The molecule has 0 spiro atoms. The molecule has 0 unspecified atom stereocenters. The normalized spacial score (nSPS) is 23.0. The molecule has 9 heteroatoms. The van der Waals surface area contributed by atoms with Gasteiger partial charge in [0.15, 0.2) is 0 Å². The molecule has 1 aromatic heterocycles. The van der Waals surface area contributed by atoms with Crippen LogP contribution in [-0.4, -0.2) is 64.1 Å². The number of hydrogen-bond acceptors (Lipinski definition) is 6. The third-order valence-corrected chi connectivity index (χ3v) is 6.63. The fourth-order valence-corrected chi connectivity index (χ4v) is 5.12. The zero-order chi connectivity index (χ0) is 21.8. The summed E-state index contributed by atoms with van der Waals surface area (Å²) in [6.45, 7) is 5.92. The number of halogens is 2. The van der Waals surface area contributed by atoms with E-state index in [2.05, 4.69) is 44.3 Å². The van der Waals surface area contributed by atoms with Gasteiger partial charge in [0.05, 0.1) is 24.9 Å². The number of anilines is 3. The van der Waals surface area contributed by atoms with Gasteiger partial charge in [-0.1, -0.05) is 0 Å². The molecule has 3 saturated heterocycles. The fourth-order valence-electron chi connectivity index (χ4n) is 5.12. The zero-order valence-corrected chi connectivity index (χ0v) is 17.7. The van der Waals surface area contributed by atoms with Crippen molar-refractivity contribution in [2.24, 2.45) is 0 Å². The molecule has 0 radical (unpaired) electrons. The zero-order valence-electron chi connectivity index (χ0n) is 17.7. The maximum Gasteiger partial charge on any atom is 0.246 e. The Labute approximate surface area is 184 Å². The largest absolute Gasteiger partial charge is 0.378 e. The van der Waals surface area contributed by atoms with E-state index in [9.17, 15) is 8.78 Å². The molecule has 7 nitrogen and oxygen atoms in total. The number of aromatic nitrogens is 3. The van der Waals surface area contributed by atoms with Gasteiger partial charge in [-0.05, 0) is 49.2 Å². The highest BCUT2D eigenvalue weighted by molar-refractivity contribution is 5.65. The molecule has 3 aliphatic heterocycles. The van der Waals surface area contributed by atoms with Crippen molar-refractivity contribution in [3.05, 3.63) is 59.9 Å². The number of ether oxygens (including phenoxy) is 1. The van der Waals surface area contributed by atoms with Crippen molar-refractivity contribution in [3.63, 3.8) is 0 Å². The van der Waals surface area contributed by atoms with Crippen LogP contribution in [0.25, 0.3) is 5.69 Å². The predicted octanol–water partition coefficient (Wildman–Crippen LogP) is 3.26. The summed E-state index contributed by atoms with van der Waals surface area (Å²) in [5.41, 5.74) is 3.50. The summed E-state index contributed by atoms with van der Waals surface area (Å²) in [4.78, 5) is 9.37. The van der Waals surface area contributed by atoms with Crippen molar-refractivity contribution in [1.29, 1.82) is 0 Å². The van der Waals surface area contributed by atoms with Crippen molar-refractivity contribution < 1.29 is 13.5 Å². The quantitative estimate of drug-likeness (QED) is 0.660. The maximum absolute atomic E-state index is 13.5. The summed E-state index contributed by atoms with van der Waals surface area (Å²) in [6.07, 6.45) is 2.63. The first-order valence-electron chi connectivity index (χ1n) is 10.9. The molecule has 2 aromatic carbocycles. The lowest BCUT2D eigenvalue weighted by molar-refractivity contribution is -0.0708. The van der Waals surface area contributed by atoms with Crippen LogP contribution in [0.3, 0.4) is 0 Å². The van der Waals surface area contributed by atoms with E-state index in [1.807, 2.05) is 6.07 Å². The minimum atomic E-state index is -0.656. The molecule has 0 aliphatic carbocycles. The van der Waals surface area contributed by atoms with E-state index in [0.717, 1.165) is 43.6 Å². The van der Waals surface area contributed by atoms with Gasteiger partial charge in [0.2, 0.25) is 5.95 Å². The lowest BCUT2D eigenvalue weighted by Gasteiger charge is -2.43. The van der Waals surface area contributed by atoms with Gasteiger partial charge in [0.1, 0.15) is 18.0 Å². The monoisotopic (exact) mass is 438 g/mol. The molecular formula is C23H24F2N6O. The lowest BCUT2D eigenvalue weighted by Crippen LogP contribution is -2.56. The fraction of sp³-hybridized carbons (Fsp3) is 0.391. The molecule has 0 saturated carbocycles. The summed E-state index contributed by atoms with van der Waals surface area (Å²) in [5.74, 6) is -0.946. The Balaban J connectivity index is 1.19. The van der Waals surface area contributed by atoms with E-state index in [4.69, 9.17) is 4.74 Å². The standard InChI is InChI=1S/C23H24F2N6O/c1-14-2-17(27-23-26-13-31(28-23)19-5-15(24)4-16(25)6-19)7-18(3-14)29-9-21-8-20(29)10-30(21)22-11-32-12-22/h2-7,13,20-22H,8-12H2,1H3,(H,27,28)/t20-,21-/m0/s1. The molecule has 3 aliphatic rings. The van der Waals surface area contributed by atoms with Gasteiger partial charge in [-0.25, -0.2) is 13.5 Å². The smallest absolute Gasteiger partial charge is 0.246 e. The number of nitrogens with zero attached hydrogens (tertiary/aromatic N) is 5. The van der Waals surface area contributed by atoms with Crippen LogP contribution >= 0.6 is 0 Å². The molecule has 2 atom stereocenters. The van der Waals surface area contributed by atoms with Crippen LogP contribution in [0.4, 0.5) is 26.1 Å². The van der Waals surface area contributed by atoms with Crippen LogP contribution in [0, 0.1) is 18.6 Å². The van der Waals surface area contributed by atoms with E-state index in [1.165, 1.54) is 35.3 Å². The van der Waals surface area contributed by atoms with Crippen LogP contribution in [0.5, 0.6) is 0 Å². The highest BCUT2D eigenvalue weighted by atomic mass is 19.1. The van der Waals surface area contributed by atoms with Crippen molar-refractivity contribution in [2.75, 3.05) is 36.5 Å². The first-order chi connectivity index (χ1) is 15.5. The van der Waals surface area contributed by atoms with Crippen LogP contribution in [0.15, 0.2) is 42.7 Å². The van der Waals surface area contributed by atoms with Crippen LogP contribution in [-0.2, 0) is 4.74 Å². The van der Waals surface area contributed by atoms with Crippen molar-refractivity contribution in [3.8, 4) is 5.69 Å². The number of piperazine rings is 1. The van der Waals surface area contributed by atoms with Gasteiger partial charge in [-0.15, -0.1) is 5.10 Å². The topological polar surface area (TPSA) is 58.5 Å². The maximum atomic E-state index is 13.5. The van der Waals surface area contributed by atoms with E-state index >= 15 is 0 Å². The Hall–Kier alpha value is -3.04. The highest BCUT2D eigenvalue weighted by Crippen LogP contribution is 2.38. The number of rotatable bonds is 5. The molecule has 3 fully saturated rings. The first kappa shape index (κ1) is 19.6. The van der Waals surface area contributed by atoms with Crippen molar-refractivity contribution in [1.82, 2.24) is 19.7 Å².